The molecule has 2 aromatic carbocycles. The average molecular weight is 496 g/mol. The van der Waals surface area contributed by atoms with E-state index in [1.165, 1.54) is 4.31 Å². The van der Waals surface area contributed by atoms with Crippen LogP contribution in [0.2, 0.25) is 0 Å². The van der Waals surface area contributed by atoms with Gasteiger partial charge < -0.3 is 10.2 Å². The van der Waals surface area contributed by atoms with Gasteiger partial charge in [0.2, 0.25) is 21.8 Å². The van der Waals surface area contributed by atoms with Gasteiger partial charge in [-0.25, -0.2) is 8.42 Å². The van der Waals surface area contributed by atoms with Crippen LogP contribution in [0.15, 0.2) is 41.3 Å². The Hall–Kier alpha value is -2.71. The fraction of sp³-hybridized carbons (Fsp3) is 0.481. The lowest BCUT2D eigenvalue weighted by Crippen LogP contribution is -2.43. The molecular formula is C27H33N3O4S. The van der Waals surface area contributed by atoms with Crippen LogP contribution in [0.5, 0.6) is 0 Å². The first-order chi connectivity index (χ1) is 16.7. The van der Waals surface area contributed by atoms with E-state index >= 15 is 0 Å². The molecular weight excluding hydrogens is 462 g/mol. The van der Waals surface area contributed by atoms with Crippen molar-refractivity contribution in [2.45, 2.75) is 63.8 Å². The van der Waals surface area contributed by atoms with Gasteiger partial charge in [0.1, 0.15) is 0 Å². The number of carbonyl (C=O) groups is 2. The maximum Gasteiger partial charge on any atom is 0.243 e. The zero-order valence-corrected chi connectivity index (χ0v) is 21.4. The first-order valence-electron chi connectivity index (χ1n) is 12.5. The monoisotopic (exact) mass is 495 g/mol. The number of benzene rings is 2. The van der Waals surface area contributed by atoms with Crippen LogP contribution in [0.3, 0.4) is 0 Å². The summed E-state index contributed by atoms with van der Waals surface area (Å²) in [7, 11) is -3.75. The summed E-state index contributed by atoms with van der Waals surface area (Å²) >= 11 is 0. The summed E-state index contributed by atoms with van der Waals surface area (Å²) in [5.74, 6) is -0.275. The Labute approximate surface area is 207 Å². The lowest BCUT2D eigenvalue weighted by Gasteiger charge is -2.31. The molecule has 2 fully saturated rings. The van der Waals surface area contributed by atoms with Gasteiger partial charge in [-0.15, -0.1) is 0 Å². The number of nitrogens with one attached hydrogen (secondary N) is 1. The number of sulfonamides is 1. The van der Waals surface area contributed by atoms with Crippen molar-refractivity contribution in [1.29, 1.82) is 0 Å². The van der Waals surface area contributed by atoms with E-state index in [1.807, 2.05) is 43.9 Å². The molecule has 2 aromatic rings. The standard InChI is InChI=1S/C27H33N3O4S/c1-17-6-4-8-24(19(17)3)28-26(31)21-7-5-13-29(16-21)35(33,34)23-11-12-25-22(15-23)14-18(2)30(25)27(32)20-9-10-20/h4,6,8,11-12,15,18,20-21H,5,7,9-10,13-14,16H2,1-3H3,(H,28,31)/t18-,21+/m1/s1. The molecule has 7 nitrogen and oxygen atoms in total. The van der Waals surface area contributed by atoms with Crippen LogP contribution in [0, 0.1) is 25.7 Å². The number of aryl methyl sites for hydroxylation is 1. The number of fused-ring (bicyclic) bond motifs is 1. The topological polar surface area (TPSA) is 86.8 Å². The molecule has 1 N–H and O–H groups in total. The quantitative estimate of drug-likeness (QED) is 0.679. The van der Waals surface area contributed by atoms with E-state index in [4.69, 9.17) is 0 Å². The highest BCUT2D eigenvalue weighted by Crippen LogP contribution is 2.40. The fourth-order valence-corrected chi connectivity index (χ4v) is 6.85. The number of hydrogen-bond acceptors (Lipinski definition) is 4. The van der Waals surface area contributed by atoms with Crippen LogP contribution in [0.1, 0.15) is 49.3 Å². The van der Waals surface area contributed by atoms with Gasteiger partial charge in [-0.2, -0.15) is 4.31 Å². The Balaban J connectivity index is 1.32. The highest BCUT2D eigenvalue weighted by molar-refractivity contribution is 7.89. The summed E-state index contributed by atoms with van der Waals surface area (Å²) in [5, 5.41) is 3.00. The van der Waals surface area contributed by atoms with Gasteiger partial charge in [0.05, 0.1) is 10.8 Å². The summed E-state index contributed by atoms with van der Waals surface area (Å²) < 4.78 is 28.5. The van der Waals surface area contributed by atoms with E-state index in [-0.39, 0.29) is 35.2 Å². The van der Waals surface area contributed by atoms with Crippen molar-refractivity contribution < 1.29 is 18.0 Å². The molecule has 2 atom stereocenters. The summed E-state index contributed by atoms with van der Waals surface area (Å²) in [6.45, 7) is 6.54. The SMILES string of the molecule is Cc1cccc(NC(=O)[C@H]2CCCN(S(=O)(=O)c3ccc4c(c3)C[C@@H](C)N4C(=O)C3CC3)C2)c1C. The summed E-state index contributed by atoms with van der Waals surface area (Å²) in [6, 6.07) is 10.9. The molecule has 3 aliphatic rings. The molecule has 186 valence electrons. The Morgan fingerprint density at radius 2 is 1.80 bits per heavy atom. The Morgan fingerprint density at radius 3 is 2.54 bits per heavy atom. The molecule has 0 aromatic heterocycles. The number of anilines is 2. The molecule has 1 saturated heterocycles. The van der Waals surface area contributed by atoms with Crippen LogP contribution in [-0.2, 0) is 26.0 Å². The van der Waals surface area contributed by atoms with Gasteiger partial charge in [-0.05, 0) is 93.8 Å². The smallest absolute Gasteiger partial charge is 0.243 e. The minimum absolute atomic E-state index is 0.0317. The summed E-state index contributed by atoms with van der Waals surface area (Å²) in [4.78, 5) is 27.8. The van der Waals surface area contributed by atoms with Crippen LogP contribution in [0.25, 0.3) is 0 Å². The van der Waals surface area contributed by atoms with Gasteiger partial charge in [0.15, 0.2) is 0 Å². The third-order valence-electron chi connectivity index (χ3n) is 7.69. The first kappa shape index (κ1) is 24.0. The largest absolute Gasteiger partial charge is 0.326 e. The van der Waals surface area contributed by atoms with E-state index < -0.39 is 15.9 Å². The number of nitrogens with zero attached hydrogens (tertiary/aromatic N) is 2. The Morgan fingerprint density at radius 1 is 1.03 bits per heavy atom. The van der Waals surface area contributed by atoms with Crippen molar-refractivity contribution in [2.75, 3.05) is 23.3 Å². The van der Waals surface area contributed by atoms with Crippen LogP contribution in [0.4, 0.5) is 11.4 Å². The first-order valence-corrected chi connectivity index (χ1v) is 13.9. The number of amides is 2. The van der Waals surface area contributed by atoms with Crippen LogP contribution < -0.4 is 10.2 Å². The van der Waals surface area contributed by atoms with Gasteiger partial charge in [0.25, 0.3) is 0 Å². The minimum atomic E-state index is -3.75. The number of hydrogen-bond donors (Lipinski definition) is 1. The number of carbonyl (C=O) groups excluding carboxylic acids is 2. The second-order valence-electron chi connectivity index (χ2n) is 10.3. The molecule has 0 bridgehead atoms. The molecule has 1 aliphatic carbocycles. The molecule has 2 heterocycles. The predicted molar refractivity (Wildman–Crippen MR) is 136 cm³/mol. The third kappa shape index (κ3) is 4.49. The van der Waals surface area contributed by atoms with Crippen molar-refractivity contribution in [2.24, 2.45) is 11.8 Å². The highest BCUT2D eigenvalue weighted by Gasteiger charge is 2.40. The van der Waals surface area contributed by atoms with E-state index in [0.29, 0.717) is 25.8 Å². The molecule has 1 saturated carbocycles. The van der Waals surface area contributed by atoms with Crippen molar-refractivity contribution in [1.82, 2.24) is 4.31 Å². The molecule has 5 rings (SSSR count). The van der Waals surface area contributed by atoms with E-state index in [0.717, 1.165) is 40.9 Å². The normalized spacial score (nSPS) is 22.7. The van der Waals surface area contributed by atoms with Crippen LogP contribution in [-0.4, -0.2) is 43.7 Å². The number of piperidine rings is 1. The zero-order chi connectivity index (χ0) is 24.9. The van der Waals surface area contributed by atoms with Gasteiger partial charge in [-0.1, -0.05) is 12.1 Å². The van der Waals surface area contributed by atoms with Gasteiger partial charge >= 0.3 is 0 Å². The van der Waals surface area contributed by atoms with E-state index in [9.17, 15) is 18.0 Å². The second-order valence-corrected chi connectivity index (χ2v) is 12.2. The summed E-state index contributed by atoms with van der Waals surface area (Å²) in [6.07, 6.45) is 3.82. The molecule has 2 aliphatic heterocycles. The van der Waals surface area contributed by atoms with Crippen molar-refractivity contribution in [3.8, 4) is 0 Å². The fourth-order valence-electron chi connectivity index (χ4n) is 5.28. The van der Waals surface area contributed by atoms with Gasteiger partial charge in [0, 0.05) is 36.4 Å². The summed E-state index contributed by atoms with van der Waals surface area (Å²) in [5.41, 5.74) is 4.61. The van der Waals surface area contributed by atoms with Crippen molar-refractivity contribution >= 4 is 33.2 Å². The Bertz CT molecular complexity index is 1290. The van der Waals surface area contributed by atoms with E-state index in [1.54, 1.807) is 18.2 Å². The molecule has 8 heteroatoms. The van der Waals surface area contributed by atoms with Gasteiger partial charge in [-0.3, -0.25) is 9.59 Å². The van der Waals surface area contributed by atoms with Crippen molar-refractivity contribution in [3.63, 3.8) is 0 Å². The molecule has 0 spiro atoms. The maximum atomic E-state index is 13.5. The third-order valence-corrected chi connectivity index (χ3v) is 9.55. The molecule has 35 heavy (non-hydrogen) atoms. The molecule has 0 unspecified atom stereocenters. The van der Waals surface area contributed by atoms with E-state index in [2.05, 4.69) is 5.32 Å². The lowest BCUT2D eigenvalue weighted by molar-refractivity contribution is -0.121. The predicted octanol–water partition coefficient (Wildman–Crippen LogP) is 4.03. The zero-order valence-electron chi connectivity index (χ0n) is 20.6. The second kappa shape index (κ2) is 9.06. The highest BCUT2D eigenvalue weighted by atomic mass is 32.2. The number of rotatable bonds is 5. The molecule has 0 radical (unpaired) electrons. The minimum Gasteiger partial charge on any atom is -0.326 e. The maximum absolute atomic E-state index is 13.5. The Kier molecular flexibility index (Phi) is 6.21. The van der Waals surface area contributed by atoms with Crippen molar-refractivity contribution in [3.05, 3.63) is 53.1 Å². The average Bonchev–Trinajstić information content (AvgIpc) is 3.63. The lowest BCUT2D eigenvalue weighted by atomic mass is 9.98. The van der Waals surface area contributed by atoms with Crippen LogP contribution >= 0.6 is 0 Å². The molecule has 2 amide bonds.